The van der Waals surface area contributed by atoms with Gasteiger partial charge in [0.05, 0.1) is 22.7 Å². The van der Waals surface area contributed by atoms with E-state index >= 15 is 0 Å². The summed E-state index contributed by atoms with van der Waals surface area (Å²) >= 11 is 0. The van der Waals surface area contributed by atoms with Crippen LogP contribution in [0.1, 0.15) is 0 Å². The molecule has 4 amide bonds. The maximum Gasteiger partial charge on any atom is 0.320 e. The fourth-order valence-corrected chi connectivity index (χ4v) is 9.28. The normalized spacial score (nSPS) is 12.4. The van der Waals surface area contributed by atoms with Crippen LogP contribution in [0.2, 0.25) is 0 Å². The minimum atomic E-state index is -4.98. The number of azo groups is 2. The van der Waals surface area contributed by atoms with Crippen LogP contribution in [0.5, 0.6) is 6.01 Å². The number of amides is 4. The topological polar surface area (TPSA) is 460 Å². The number of urea groups is 2. The SMILES string of the molecule is NC(=O)Nc1cc(Nc2nc(O)nc(Nc3ccc(/N=N/c4cc(S(=O)(=O)O)c5cccc(S(=O)(=O)O)c5c4)c(NC(N)=O)c3)n2)ccc1/N=N/c1cc(S(=O)(=O)O)c2cccc(S(=O)(=O)O)c2c1. The lowest BCUT2D eigenvalue weighted by molar-refractivity contribution is 0.258. The molecule has 0 bridgehead atoms. The van der Waals surface area contributed by atoms with E-state index in [0.29, 0.717) is 0 Å². The maximum atomic E-state index is 12.2. The Morgan fingerprint density at radius 3 is 1.19 bits per heavy atom. The monoisotopic (exact) mass is 1020 g/mol. The Hall–Kier alpha value is -8.37. The summed E-state index contributed by atoms with van der Waals surface area (Å²) in [5.74, 6) is -0.601. The van der Waals surface area contributed by atoms with Gasteiger partial charge in [0, 0.05) is 32.9 Å². The molecule has 28 nitrogen and oxygen atoms in total. The summed E-state index contributed by atoms with van der Waals surface area (Å²) in [5.41, 5.74) is 9.91. The van der Waals surface area contributed by atoms with Crippen molar-refractivity contribution in [2.24, 2.45) is 31.9 Å². The first kappa shape index (κ1) is 48.6. The second kappa shape index (κ2) is 18.4. The Balaban J connectivity index is 1.16. The third-order valence-electron chi connectivity index (χ3n) is 9.11. The van der Waals surface area contributed by atoms with Crippen molar-refractivity contribution in [3.63, 3.8) is 0 Å². The number of anilines is 6. The molecule has 356 valence electrons. The molecule has 69 heavy (non-hydrogen) atoms. The molecule has 0 aliphatic heterocycles. The summed E-state index contributed by atoms with van der Waals surface area (Å²) in [4.78, 5) is 32.9. The number of hydrogen-bond donors (Lipinski definition) is 11. The van der Waals surface area contributed by atoms with Crippen molar-refractivity contribution in [3.8, 4) is 6.01 Å². The number of benzene rings is 6. The van der Waals surface area contributed by atoms with E-state index in [1.54, 1.807) is 0 Å². The van der Waals surface area contributed by atoms with Crippen molar-refractivity contribution in [1.29, 1.82) is 0 Å². The minimum absolute atomic E-state index is 0.105. The molecule has 0 fully saturated rings. The molecule has 0 radical (unpaired) electrons. The van der Waals surface area contributed by atoms with Gasteiger partial charge in [-0.25, -0.2) is 9.59 Å². The molecule has 1 aromatic heterocycles. The summed E-state index contributed by atoms with van der Waals surface area (Å²) in [6.45, 7) is 0. The van der Waals surface area contributed by atoms with Gasteiger partial charge in [0.1, 0.15) is 31.0 Å². The number of primary amides is 2. The lowest BCUT2D eigenvalue weighted by Gasteiger charge is -2.12. The zero-order valence-corrected chi connectivity index (χ0v) is 37.2. The van der Waals surface area contributed by atoms with Crippen LogP contribution in [-0.4, -0.2) is 84.0 Å². The summed E-state index contributed by atoms with van der Waals surface area (Å²) in [6, 6.07) is 15.4. The predicted octanol–water partition coefficient (Wildman–Crippen LogP) is 6.17. The van der Waals surface area contributed by atoms with Crippen molar-refractivity contribution in [2.75, 3.05) is 21.3 Å². The summed E-state index contributed by atoms with van der Waals surface area (Å²) < 4.78 is 137. The van der Waals surface area contributed by atoms with Gasteiger partial charge >= 0.3 is 18.1 Å². The standard InChI is InChI=1S/C37H29N13O15S4/c38-33(51)42-27-13-17(7-9-25(27)49-47-19-11-23-21(31(15-19)68(60,61)62)3-1-5-29(23)66(54,55)56)40-35-44-36(46-37(53)45-35)41-18-8-10-26(28(14-18)43-34(39)52)50-48-20-12-24-22(32(16-20)69(63,64)65)4-2-6-30(24)67(57,58)59/h1-16H,(H3,38,42,51)(H3,39,43,52)(H,54,55,56)(H,57,58,59)(H,60,61,62)(H,63,64,65)(H3,40,41,44,45,46,53)/b49-47+,50-48+. The predicted molar refractivity (Wildman–Crippen MR) is 243 cm³/mol. The van der Waals surface area contributed by atoms with Crippen molar-refractivity contribution in [3.05, 3.63) is 97.1 Å². The number of carbonyl (C=O) groups excluding carboxylic acids is 2. The molecule has 13 N–H and O–H groups in total. The van der Waals surface area contributed by atoms with Crippen LogP contribution in [0.4, 0.5) is 67.0 Å². The second-order valence-corrected chi connectivity index (χ2v) is 19.4. The highest BCUT2D eigenvalue weighted by Gasteiger charge is 2.23. The van der Waals surface area contributed by atoms with Crippen LogP contribution in [0.25, 0.3) is 21.5 Å². The van der Waals surface area contributed by atoms with Crippen LogP contribution >= 0.6 is 0 Å². The van der Waals surface area contributed by atoms with Crippen LogP contribution in [0.3, 0.4) is 0 Å². The van der Waals surface area contributed by atoms with Crippen molar-refractivity contribution in [1.82, 2.24) is 15.0 Å². The van der Waals surface area contributed by atoms with Gasteiger partial charge < -0.3 is 37.8 Å². The first-order chi connectivity index (χ1) is 32.2. The molecule has 0 saturated carbocycles. The zero-order valence-electron chi connectivity index (χ0n) is 34.0. The largest absolute Gasteiger partial charge is 0.479 e. The third kappa shape index (κ3) is 11.4. The number of nitrogens with two attached hydrogens (primary N) is 2. The molecule has 0 unspecified atom stereocenters. The lowest BCUT2D eigenvalue weighted by Crippen LogP contribution is -2.19. The third-order valence-corrected chi connectivity index (χ3v) is 12.7. The Morgan fingerprint density at radius 1 is 0.464 bits per heavy atom. The molecule has 7 aromatic rings. The number of carbonyl (C=O) groups is 2. The van der Waals surface area contributed by atoms with Crippen molar-refractivity contribution < 1.29 is 66.6 Å². The number of aromatic hydroxyl groups is 1. The average molecular weight is 1020 g/mol. The van der Waals surface area contributed by atoms with Crippen molar-refractivity contribution >= 4 is 131 Å². The lowest BCUT2D eigenvalue weighted by atomic mass is 10.1. The second-order valence-electron chi connectivity index (χ2n) is 13.9. The van der Waals surface area contributed by atoms with Gasteiger partial charge in [0.25, 0.3) is 40.5 Å². The zero-order chi connectivity index (χ0) is 50.2. The van der Waals surface area contributed by atoms with Gasteiger partial charge in [-0.05, 0) is 72.8 Å². The molecule has 0 aliphatic rings. The van der Waals surface area contributed by atoms with E-state index in [2.05, 4.69) is 56.7 Å². The molecular weight excluding hydrogens is 995 g/mol. The van der Waals surface area contributed by atoms with Gasteiger partial charge in [-0.15, -0.1) is 10.2 Å². The van der Waals surface area contributed by atoms with E-state index in [-0.39, 0.29) is 78.9 Å². The van der Waals surface area contributed by atoms with Gasteiger partial charge in [-0.1, -0.05) is 24.3 Å². The fraction of sp³-hybridized carbons (Fsp3) is 0. The highest BCUT2D eigenvalue weighted by atomic mass is 32.2. The van der Waals surface area contributed by atoms with E-state index in [1.807, 2.05) is 0 Å². The molecule has 7 rings (SSSR count). The van der Waals surface area contributed by atoms with E-state index in [0.717, 1.165) is 48.5 Å². The fourth-order valence-electron chi connectivity index (χ4n) is 6.44. The summed E-state index contributed by atoms with van der Waals surface area (Å²) in [5, 5.41) is 35.3. The Morgan fingerprint density at radius 2 is 0.841 bits per heavy atom. The number of nitrogens with one attached hydrogen (secondary N) is 4. The average Bonchev–Trinajstić information content (AvgIpc) is 3.23. The molecular formula is C37H29N13O15S4. The molecule has 6 aromatic carbocycles. The Bertz CT molecular complexity index is 3600. The molecule has 32 heteroatoms. The highest BCUT2D eigenvalue weighted by Crippen LogP contribution is 2.38. The molecule has 0 spiro atoms. The van der Waals surface area contributed by atoms with Crippen LogP contribution < -0.4 is 32.7 Å². The molecule has 1 heterocycles. The number of nitrogens with zero attached hydrogens (tertiary/aromatic N) is 7. The van der Waals surface area contributed by atoms with Crippen LogP contribution in [0, 0.1) is 0 Å². The molecule has 0 aliphatic carbocycles. The van der Waals surface area contributed by atoms with Gasteiger partial charge in [0.15, 0.2) is 0 Å². The van der Waals surface area contributed by atoms with Gasteiger partial charge in [-0.2, -0.15) is 58.9 Å². The molecule has 0 atom stereocenters. The van der Waals surface area contributed by atoms with Crippen molar-refractivity contribution in [2.45, 2.75) is 19.6 Å². The van der Waals surface area contributed by atoms with Crippen LogP contribution in [-0.2, 0) is 40.5 Å². The summed E-state index contributed by atoms with van der Waals surface area (Å²) in [7, 11) is -19.7. The van der Waals surface area contributed by atoms with Gasteiger partial charge in [0.2, 0.25) is 11.9 Å². The Labute approximate surface area is 387 Å². The first-order valence-electron chi connectivity index (χ1n) is 18.5. The van der Waals surface area contributed by atoms with Gasteiger partial charge in [-0.3, -0.25) is 18.2 Å². The van der Waals surface area contributed by atoms with E-state index in [9.17, 15) is 66.6 Å². The number of aromatic nitrogens is 3. The quantitative estimate of drug-likeness (QED) is 0.0428. The number of fused-ring (bicyclic) bond motifs is 2. The smallest absolute Gasteiger partial charge is 0.320 e. The number of hydrogen-bond acceptors (Lipinski definition) is 20. The Kier molecular flexibility index (Phi) is 12.9. The molecule has 0 saturated heterocycles. The maximum absolute atomic E-state index is 12.2. The minimum Gasteiger partial charge on any atom is -0.479 e. The van der Waals surface area contributed by atoms with Crippen LogP contribution in [0.15, 0.2) is 137 Å². The highest BCUT2D eigenvalue weighted by molar-refractivity contribution is 7.87. The van der Waals surface area contributed by atoms with E-state index in [1.165, 1.54) is 48.5 Å². The van der Waals surface area contributed by atoms with E-state index < -0.39 is 78.1 Å². The summed E-state index contributed by atoms with van der Waals surface area (Å²) in [6.07, 6.45) is 0. The van der Waals surface area contributed by atoms with E-state index in [4.69, 9.17) is 11.5 Å². The first-order valence-corrected chi connectivity index (χ1v) is 24.3. The number of rotatable bonds is 14.